The summed E-state index contributed by atoms with van der Waals surface area (Å²) in [6.45, 7) is 5.42. The number of nitrogens with zero attached hydrogens (tertiary/aromatic N) is 1. The zero-order valence-corrected chi connectivity index (χ0v) is 18.4. The molecule has 0 aliphatic heterocycles. The molecule has 0 radical (unpaired) electrons. The summed E-state index contributed by atoms with van der Waals surface area (Å²) in [4.78, 5) is 16.2. The molecule has 2 aromatic rings. The van der Waals surface area contributed by atoms with Crippen molar-refractivity contribution in [2.24, 2.45) is 5.92 Å². The number of aryl methyl sites for hydroxylation is 1. The Hall–Kier alpha value is -2.62. The molecule has 1 aliphatic carbocycles. The van der Waals surface area contributed by atoms with Crippen LogP contribution >= 0.6 is 0 Å². The first-order valence-corrected chi connectivity index (χ1v) is 11.5. The van der Waals surface area contributed by atoms with E-state index in [0.29, 0.717) is 17.7 Å². The van der Waals surface area contributed by atoms with Crippen LogP contribution in [0.15, 0.2) is 36.5 Å². The third-order valence-corrected chi connectivity index (χ3v) is 6.26. The van der Waals surface area contributed by atoms with E-state index in [2.05, 4.69) is 15.0 Å². The fourth-order valence-corrected chi connectivity index (χ4v) is 4.26. The average Bonchev–Trinajstić information content (AvgIpc) is 3.35. The van der Waals surface area contributed by atoms with Crippen LogP contribution in [-0.4, -0.2) is 25.6 Å². The summed E-state index contributed by atoms with van der Waals surface area (Å²) in [5.74, 6) is -0.549. The van der Waals surface area contributed by atoms with Crippen molar-refractivity contribution in [2.75, 3.05) is 11.0 Å². The van der Waals surface area contributed by atoms with Gasteiger partial charge in [0.2, 0.25) is 15.9 Å². The molecular weight excluding hydrogens is 431 g/mol. The molecule has 3 atom stereocenters. The number of carbonyl (C=O) groups is 1. The van der Waals surface area contributed by atoms with Gasteiger partial charge in [0.05, 0.1) is 18.0 Å². The maximum absolute atomic E-state index is 12.7. The van der Waals surface area contributed by atoms with Crippen LogP contribution < -0.4 is 10.0 Å². The van der Waals surface area contributed by atoms with Gasteiger partial charge in [-0.1, -0.05) is 25.1 Å². The first-order valence-electron chi connectivity index (χ1n) is 9.63. The third kappa shape index (κ3) is 5.17. The molecule has 6 nitrogen and oxygen atoms in total. The molecule has 3 rings (SSSR count). The number of anilines is 1. The largest absolute Gasteiger partial charge is 0.433 e. The summed E-state index contributed by atoms with van der Waals surface area (Å²) < 4.78 is 63.4. The van der Waals surface area contributed by atoms with Crippen molar-refractivity contribution < 1.29 is 26.4 Å². The number of aromatic nitrogens is 1. The number of nitrogens with one attached hydrogen (secondary N) is 2. The van der Waals surface area contributed by atoms with E-state index < -0.39 is 27.3 Å². The van der Waals surface area contributed by atoms with Crippen molar-refractivity contribution in [3.63, 3.8) is 0 Å². The van der Waals surface area contributed by atoms with E-state index >= 15 is 0 Å². The Bertz CT molecular complexity index is 1100. The molecule has 1 heterocycles. The third-order valence-electron chi connectivity index (χ3n) is 5.67. The second-order valence-corrected chi connectivity index (χ2v) is 10.0. The highest BCUT2D eigenvalue weighted by atomic mass is 32.2. The van der Waals surface area contributed by atoms with Gasteiger partial charge in [-0.15, -0.1) is 0 Å². The van der Waals surface area contributed by atoms with Crippen molar-refractivity contribution >= 4 is 21.6 Å². The fourth-order valence-electron chi connectivity index (χ4n) is 3.63. The van der Waals surface area contributed by atoms with Crippen LogP contribution in [0.25, 0.3) is 0 Å². The molecule has 1 saturated carbocycles. The molecule has 31 heavy (non-hydrogen) atoms. The molecule has 1 aromatic heterocycles. The Morgan fingerprint density at radius 2 is 1.94 bits per heavy atom. The molecule has 0 spiro atoms. The van der Waals surface area contributed by atoms with Crippen LogP contribution in [-0.2, 0) is 26.4 Å². The Morgan fingerprint density at radius 1 is 1.26 bits per heavy atom. The van der Waals surface area contributed by atoms with Crippen LogP contribution in [0, 0.1) is 12.8 Å². The van der Waals surface area contributed by atoms with Gasteiger partial charge in [0.25, 0.3) is 0 Å². The number of carbonyl (C=O) groups excluding carboxylic acids is 1. The molecule has 10 heteroatoms. The normalized spacial score (nSPS) is 22.0. The molecule has 0 unspecified atom stereocenters. The number of halogens is 3. The lowest BCUT2D eigenvalue weighted by Crippen LogP contribution is -2.30. The number of rotatable bonds is 6. The average molecular weight is 456 g/mol. The monoisotopic (exact) mass is 455 g/mol. The molecule has 1 amide bonds. The molecule has 1 aliphatic rings. The SMILES string of the molecule is Cc1cc([C@@H](C)NC(=O)[C@@H]2C[C@@]2(C)c2ccc(C(F)(F)F)nc2)ccc1NS(C)(=O)=O. The molecule has 0 saturated heterocycles. The maximum atomic E-state index is 12.7. The highest BCUT2D eigenvalue weighted by molar-refractivity contribution is 7.92. The van der Waals surface area contributed by atoms with Gasteiger partial charge in [-0.05, 0) is 49.1 Å². The van der Waals surface area contributed by atoms with Gasteiger partial charge in [0, 0.05) is 17.5 Å². The zero-order chi connectivity index (χ0) is 23.2. The molecule has 2 N–H and O–H groups in total. The van der Waals surface area contributed by atoms with Gasteiger partial charge in [-0.3, -0.25) is 14.5 Å². The van der Waals surface area contributed by atoms with Gasteiger partial charge in [-0.2, -0.15) is 13.2 Å². The fraction of sp³-hybridized carbons (Fsp3) is 0.429. The zero-order valence-electron chi connectivity index (χ0n) is 17.5. The molecule has 0 bridgehead atoms. The quantitative estimate of drug-likeness (QED) is 0.691. The number of alkyl halides is 3. The highest BCUT2D eigenvalue weighted by Gasteiger charge is 2.56. The van der Waals surface area contributed by atoms with Crippen LogP contribution in [0.2, 0.25) is 0 Å². The van der Waals surface area contributed by atoms with Crippen molar-refractivity contribution in [1.29, 1.82) is 0 Å². The minimum atomic E-state index is -4.50. The highest BCUT2D eigenvalue weighted by Crippen LogP contribution is 2.54. The number of hydrogen-bond donors (Lipinski definition) is 2. The predicted molar refractivity (Wildman–Crippen MR) is 111 cm³/mol. The summed E-state index contributed by atoms with van der Waals surface area (Å²) in [5, 5.41) is 2.94. The van der Waals surface area contributed by atoms with Crippen molar-refractivity contribution in [3.8, 4) is 0 Å². The number of sulfonamides is 1. The summed E-state index contributed by atoms with van der Waals surface area (Å²) in [6, 6.07) is 7.16. The second-order valence-electron chi connectivity index (χ2n) is 8.28. The molecule has 1 aromatic carbocycles. The number of amides is 1. The molecular formula is C21H24F3N3O3S. The lowest BCUT2D eigenvalue weighted by Gasteiger charge is -2.18. The Kier molecular flexibility index (Phi) is 5.81. The summed E-state index contributed by atoms with van der Waals surface area (Å²) in [5.41, 5.74) is 1.08. The standard InChI is InChI=1S/C21H24F3N3O3S/c1-12-9-14(5-7-17(12)27-31(4,29)30)13(2)26-19(28)16-10-20(16,3)15-6-8-18(25-11-15)21(22,23)24/h5-9,11,13,16,27H,10H2,1-4H3,(H,26,28)/t13-,16+,20+/m1/s1. The molecule has 1 fully saturated rings. The van der Waals surface area contributed by atoms with Gasteiger partial charge < -0.3 is 5.32 Å². The Balaban J connectivity index is 1.66. The smallest absolute Gasteiger partial charge is 0.349 e. The van der Waals surface area contributed by atoms with Gasteiger partial charge >= 0.3 is 6.18 Å². The van der Waals surface area contributed by atoms with Crippen LogP contribution in [0.5, 0.6) is 0 Å². The van der Waals surface area contributed by atoms with E-state index in [4.69, 9.17) is 0 Å². The number of hydrogen-bond acceptors (Lipinski definition) is 4. The van der Waals surface area contributed by atoms with Crippen LogP contribution in [0.3, 0.4) is 0 Å². The maximum Gasteiger partial charge on any atom is 0.433 e. The van der Waals surface area contributed by atoms with Crippen LogP contribution in [0.4, 0.5) is 18.9 Å². The number of pyridine rings is 1. The van der Waals surface area contributed by atoms with Crippen LogP contribution in [0.1, 0.15) is 48.7 Å². The van der Waals surface area contributed by atoms with E-state index in [-0.39, 0.29) is 17.9 Å². The summed E-state index contributed by atoms with van der Waals surface area (Å²) >= 11 is 0. The lowest BCUT2D eigenvalue weighted by atomic mass is 9.96. The van der Waals surface area contributed by atoms with E-state index in [9.17, 15) is 26.4 Å². The van der Waals surface area contributed by atoms with E-state index in [1.165, 1.54) is 12.3 Å². The second kappa shape index (κ2) is 7.81. The Labute approximate surface area is 179 Å². The predicted octanol–water partition coefficient (Wildman–Crippen LogP) is 3.94. The summed E-state index contributed by atoms with van der Waals surface area (Å²) in [6.07, 6.45) is -1.72. The van der Waals surface area contributed by atoms with Crippen molar-refractivity contribution in [3.05, 3.63) is 58.9 Å². The van der Waals surface area contributed by atoms with Crippen molar-refractivity contribution in [1.82, 2.24) is 10.3 Å². The minimum Gasteiger partial charge on any atom is -0.349 e. The topological polar surface area (TPSA) is 88.2 Å². The van der Waals surface area contributed by atoms with E-state index in [1.54, 1.807) is 25.1 Å². The van der Waals surface area contributed by atoms with Gasteiger partial charge in [0.15, 0.2) is 0 Å². The lowest BCUT2D eigenvalue weighted by molar-refractivity contribution is -0.141. The minimum absolute atomic E-state index is 0.189. The number of benzene rings is 1. The van der Waals surface area contributed by atoms with Gasteiger partial charge in [-0.25, -0.2) is 8.42 Å². The first kappa shape index (κ1) is 23.1. The molecule has 168 valence electrons. The summed E-state index contributed by atoms with van der Waals surface area (Å²) in [7, 11) is -3.39. The Morgan fingerprint density at radius 3 is 2.45 bits per heavy atom. The van der Waals surface area contributed by atoms with Gasteiger partial charge in [0.1, 0.15) is 5.69 Å². The van der Waals surface area contributed by atoms with E-state index in [0.717, 1.165) is 23.4 Å². The van der Waals surface area contributed by atoms with Crippen molar-refractivity contribution in [2.45, 2.75) is 44.8 Å². The van der Waals surface area contributed by atoms with E-state index in [1.807, 2.05) is 13.8 Å². The first-order chi connectivity index (χ1) is 14.2.